The zero-order valence-corrected chi connectivity index (χ0v) is 10.9. The highest BCUT2D eigenvalue weighted by atomic mass is 16.5. The van der Waals surface area contributed by atoms with Crippen molar-refractivity contribution in [2.45, 2.75) is 39.0 Å². The molecule has 1 unspecified atom stereocenters. The largest absolute Gasteiger partial charge is 0.382 e. The van der Waals surface area contributed by atoms with E-state index in [4.69, 9.17) is 4.74 Å². The van der Waals surface area contributed by atoms with E-state index in [0.29, 0.717) is 12.3 Å². The van der Waals surface area contributed by atoms with Gasteiger partial charge in [-0.05, 0) is 38.5 Å². The SMILES string of the molecule is CCOCCCNC(=O)CCC1CCC[N]C1. The second kappa shape index (κ2) is 9.42. The number of ether oxygens (including phenoxy) is 1. The van der Waals surface area contributed by atoms with Gasteiger partial charge in [0.25, 0.3) is 0 Å². The Morgan fingerprint density at radius 2 is 2.41 bits per heavy atom. The molecule has 0 saturated carbocycles. The maximum atomic E-state index is 11.5. The van der Waals surface area contributed by atoms with Crippen LogP contribution in [0.15, 0.2) is 0 Å². The third-order valence-corrected chi connectivity index (χ3v) is 3.09. The highest BCUT2D eigenvalue weighted by molar-refractivity contribution is 5.75. The standard InChI is InChI=1S/C13H25N2O2/c1-2-17-10-4-9-15-13(16)7-6-12-5-3-8-14-11-12/h12H,2-11H2,1H3,(H,15,16). The first-order valence-electron chi connectivity index (χ1n) is 6.80. The molecule has 1 aliphatic rings. The Balaban J connectivity index is 1.93. The average Bonchev–Trinajstić information content (AvgIpc) is 2.37. The van der Waals surface area contributed by atoms with Crippen molar-refractivity contribution in [3.8, 4) is 0 Å². The van der Waals surface area contributed by atoms with Gasteiger partial charge in [0.05, 0.1) is 0 Å². The van der Waals surface area contributed by atoms with Crippen molar-refractivity contribution < 1.29 is 9.53 Å². The van der Waals surface area contributed by atoms with E-state index in [1.807, 2.05) is 6.92 Å². The summed E-state index contributed by atoms with van der Waals surface area (Å²) in [5, 5.41) is 7.32. The van der Waals surface area contributed by atoms with Crippen LogP contribution in [0.1, 0.15) is 39.0 Å². The van der Waals surface area contributed by atoms with Crippen molar-refractivity contribution in [2.24, 2.45) is 5.92 Å². The van der Waals surface area contributed by atoms with Gasteiger partial charge in [-0.3, -0.25) is 4.79 Å². The smallest absolute Gasteiger partial charge is 0.220 e. The summed E-state index contributed by atoms with van der Waals surface area (Å²) in [5.74, 6) is 0.810. The van der Waals surface area contributed by atoms with E-state index in [0.717, 1.165) is 45.7 Å². The fourth-order valence-corrected chi connectivity index (χ4v) is 2.06. The van der Waals surface area contributed by atoms with E-state index < -0.39 is 0 Å². The summed E-state index contributed by atoms with van der Waals surface area (Å²) in [7, 11) is 0. The summed E-state index contributed by atoms with van der Waals surface area (Å²) in [4.78, 5) is 11.5. The van der Waals surface area contributed by atoms with Crippen LogP contribution >= 0.6 is 0 Å². The predicted molar refractivity (Wildman–Crippen MR) is 67.9 cm³/mol. The second-order valence-electron chi connectivity index (χ2n) is 4.58. The Labute approximate surface area is 104 Å². The lowest BCUT2D eigenvalue weighted by molar-refractivity contribution is -0.121. The molecule has 1 heterocycles. The molecule has 0 bridgehead atoms. The third-order valence-electron chi connectivity index (χ3n) is 3.09. The second-order valence-corrected chi connectivity index (χ2v) is 4.58. The van der Waals surface area contributed by atoms with Gasteiger partial charge in [0, 0.05) is 39.3 Å². The van der Waals surface area contributed by atoms with Crippen LogP contribution in [-0.2, 0) is 9.53 Å². The van der Waals surface area contributed by atoms with Gasteiger partial charge in [-0.15, -0.1) is 0 Å². The Hall–Kier alpha value is -0.610. The molecule has 1 saturated heterocycles. The van der Waals surface area contributed by atoms with E-state index in [-0.39, 0.29) is 5.91 Å². The number of piperidine rings is 1. The number of hydrogen-bond acceptors (Lipinski definition) is 2. The van der Waals surface area contributed by atoms with Crippen LogP contribution in [0.3, 0.4) is 0 Å². The molecule has 1 radical (unpaired) electrons. The molecule has 1 aliphatic heterocycles. The molecular weight excluding hydrogens is 216 g/mol. The molecule has 0 spiro atoms. The van der Waals surface area contributed by atoms with E-state index in [9.17, 15) is 4.79 Å². The molecule has 0 aromatic rings. The van der Waals surface area contributed by atoms with Gasteiger partial charge in [0.2, 0.25) is 5.91 Å². The monoisotopic (exact) mass is 241 g/mol. The summed E-state index contributed by atoms with van der Waals surface area (Å²) >= 11 is 0. The first-order chi connectivity index (χ1) is 8.33. The fourth-order valence-electron chi connectivity index (χ4n) is 2.06. The van der Waals surface area contributed by atoms with E-state index in [1.165, 1.54) is 12.8 Å². The van der Waals surface area contributed by atoms with Gasteiger partial charge >= 0.3 is 0 Å². The van der Waals surface area contributed by atoms with E-state index >= 15 is 0 Å². The number of carbonyl (C=O) groups excluding carboxylic acids is 1. The van der Waals surface area contributed by atoms with Crippen molar-refractivity contribution in [3.63, 3.8) is 0 Å². The normalized spacial score (nSPS) is 20.2. The molecule has 1 rings (SSSR count). The maximum Gasteiger partial charge on any atom is 0.220 e. The number of nitrogens with zero attached hydrogens (tertiary/aromatic N) is 1. The Morgan fingerprint density at radius 1 is 1.53 bits per heavy atom. The molecule has 1 N–H and O–H groups in total. The van der Waals surface area contributed by atoms with Crippen molar-refractivity contribution in [3.05, 3.63) is 0 Å². The molecule has 4 heteroatoms. The average molecular weight is 241 g/mol. The number of nitrogens with one attached hydrogen (secondary N) is 1. The van der Waals surface area contributed by atoms with Crippen molar-refractivity contribution in [1.29, 1.82) is 0 Å². The Morgan fingerprint density at radius 3 is 3.12 bits per heavy atom. The minimum absolute atomic E-state index is 0.173. The van der Waals surface area contributed by atoms with Crippen LogP contribution in [0.5, 0.6) is 0 Å². The maximum absolute atomic E-state index is 11.5. The van der Waals surface area contributed by atoms with Crippen LogP contribution in [0.4, 0.5) is 0 Å². The number of carbonyl (C=O) groups is 1. The van der Waals surface area contributed by atoms with Gasteiger partial charge in [-0.2, -0.15) is 0 Å². The molecule has 4 nitrogen and oxygen atoms in total. The summed E-state index contributed by atoms with van der Waals surface area (Å²) in [6.45, 7) is 6.16. The molecular formula is C13H25N2O2. The van der Waals surface area contributed by atoms with Crippen molar-refractivity contribution in [2.75, 3.05) is 32.8 Å². The summed E-state index contributed by atoms with van der Waals surface area (Å²) in [6, 6.07) is 0. The lowest BCUT2D eigenvalue weighted by Gasteiger charge is -2.20. The topological polar surface area (TPSA) is 52.4 Å². The highest BCUT2D eigenvalue weighted by Gasteiger charge is 2.14. The number of rotatable bonds is 8. The van der Waals surface area contributed by atoms with Crippen LogP contribution in [0.25, 0.3) is 0 Å². The van der Waals surface area contributed by atoms with Gasteiger partial charge in [0.15, 0.2) is 0 Å². The minimum Gasteiger partial charge on any atom is -0.382 e. The molecule has 1 fully saturated rings. The van der Waals surface area contributed by atoms with Crippen LogP contribution in [0.2, 0.25) is 0 Å². The molecule has 0 aromatic carbocycles. The number of hydrogen-bond donors (Lipinski definition) is 1. The molecule has 0 aliphatic carbocycles. The summed E-state index contributed by atoms with van der Waals surface area (Å²) < 4.78 is 5.21. The first kappa shape index (κ1) is 14.5. The number of amides is 1. The van der Waals surface area contributed by atoms with Crippen LogP contribution < -0.4 is 10.6 Å². The summed E-state index contributed by atoms with van der Waals surface area (Å²) in [5.41, 5.74) is 0. The van der Waals surface area contributed by atoms with Gasteiger partial charge in [-0.25, -0.2) is 5.32 Å². The molecule has 17 heavy (non-hydrogen) atoms. The van der Waals surface area contributed by atoms with Crippen LogP contribution in [-0.4, -0.2) is 38.8 Å². The van der Waals surface area contributed by atoms with Crippen molar-refractivity contribution >= 4 is 5.91 Å². The van der Waals surface area contributed by atoms with E-state index in [2.05, 4.69) is 10.6 Å². The van der Waals surface area contributed by atoms with Gasteiger partial charge in [0.1, 0.15) is 0 Å². The highest BCUT2D eigenvalue weighted by Crippen LogP contribution is 2.16. The zero-order valence-electron chi connectivity index (χ0n) is 10.9. The third kappa shape index (κ3) is 7.34. The van der Waals surface area contributed by atoms with E-state index in [1.54, 1.807) is 0 Å². The fraction of sp³-hybridized carbons (Fsp3) is 0.923. The Kier molecular flexibility index (Phi) is 8.01. The summed E-state index contributed by atoms with van der Waals surface area (Å²) in [6.07, 6.45) is 4.97. The zero-order chi connectivity index (χ0) is 12.3. The lowest BCUT2D eigenvalue weighted by Crippen LogP contribution is -2.28. The van der Waals surface area contributed by atoms with Gasteiger partial charge in [-0.1, -0.05) is 0 Å². The Bertz CT molecular complexity index is 204. The molecule has 1 amide bonds. The minimum atomic E-state index is 0.173. The van der Waals surface area contributed by atoms with Gasteiger partial charge < -0.3 is 10.1 Å². The van der Waals surface area contributed by atoms with Crippen molar-refractivity contribution in [1.82, 2.24) is 10.6 Å². The van der Waals surface area contributed by atoms with Crippen LogP contribution in [0, 0.1) is 5.92 Å². The molecule has 99 valence electrons. The predicted octanol–water partition coefficient (Wildman–Crippen LogP) is 1.32. The first-order valence-corrected chi connectivity index (χ1v) is 6.80. The lowest BCUT2D eigenvalue weighted by atomic mass is 9.94. The molecule has 0 aromatic heterocycles. The molecule has 1 atom stereocenters. The quantitative estimate of drug-likeness (QED) is 0.652.